The summed E-state index contributed by atoms with van der Waals surface area (Å²) in [4.78, 5) is 46.8. The molecule has 0 saturated carbocycles. The monoisotopic (exact) mass is 848 g/mol. The maximum atomic E-state index is 11.8. The van der Waals surface area contributed by atoms with E-state index in [1.165, 1.54) is 0 Å². The third kappa shape index (κ3) is 17.4. The minimum atomic E-state index is -0.638. The molecule has 0 spiro atoms. The van der Waals surface area contributed by atoms with Crippen molar-refractivity contribution in [3.8, 4) is 11.5 Å². The Labute approximate surface area is 329 Å². The molecule has 50 heavy (non-hydrogen) atoms. The Morgan fingerprint density at radius 2 is 0.840 bits per heavy atom. The Balaban J connectivity index is 0.000000481. The zero-order valence-electron chi connectivity index (χ0n) is 25.2. The summed E-state index contributed by atoms with van der Waals surface area (Å²) in [6.45, 7) is -0.610. The van der Waals surface area contributed by atoms with Crippen LogP contribution in [0.5, 0.6) is 11.5 Å². The Kier molecular flexibility index (Phi) is 21.0. The molecule has 0 aromatic heterocycles. The normalized spacial score (nSPS) is 9.32. The minimum Gasteiger partial charge on any atom is -0.656 e. The first-order valence-corrected chi connectivity index (χ1v) is 15.1. The van der Waals surface area contributed by atoms with E-state index in [1.54, 1.807) is 109 Å². The van der Waals surface area contributed by atoms with Gasteiger partial charge in [-0.15, -0.1) is 0 Å². The van der Waals surface area contributed by atoms with Crippen LogP contribution in [0.2, 0.25) is 10.0 Å². The fourth-order valence-corrected chi connectivity index (χ4v) is 3.70. The fraction of sp³-hybridized carbons (Fsp3) is 0.0625. The number of hydrogen-bond donors (Lipinski definition) is 2. The van der Waals surface area contributed by atoms with Crippen LogP contribution in [0.3, 0.4) is 0 Å². The van der Waals surface area contributed by atoms with Gasteiger partial charge in [-0.25, -0.2) is 0 Å². The molecule has 0 aliphatic heterocycles. The summed E-state index contributed by atoms with van der Waals surface area (Å²) < 4.78 is 10.4. The van der Waals surface area contributed by atoms with Crippen molar-refractivity contribution < 1.29 is 62.8 Å². The Morgan fingerprint density at radius 1 is 0.520 bits per heavy atom. The van der Waals surface area contributed by atoms with E-state index in [-0.39, 0.29) is 57.6 Å². The summed E-state index contributed by atoms with van der Waals surface area (Å²) >= 11 is 21.2. The third-order valence-corrected chi connectivity index (χ3v) is 6.24. The van der Waals surface area contributed by atoms with Crippen LogP contribution in [0.25, 0.3) is 21.7 Å². The molecule has 2 radical (unpaired) electrons. The number of rotatable bonds is 8. The number of thiocarbonyl (C=S) groups is 2. The van der Waals surface area contributed by atoms with E-state index in [4.69, 9.17) is 57.1 Å². The van der Waals surface area contributed by atoms with Gasteiger partial charge in [-0.3, -0.25) is 9.59 Å². The molecule has 0 saturated heterocycles. The van der Waals surface area contributed by atoms with Crippen molar-refractivity contribution in [3.05, 3.63) is 152 Å². The number of benzene rings is 4. The molecule has 4 rings (SSSR count). The zero-order valence-corrected chi connectivity index (χ0v) is 30.2. The van der Waals surface area contributed by atoms with E-state index in [2.05, 4.69) is 32.3 Å². The maximum Gasteiger partial charge on any atom is 2.00 e. The molecule has 2 N–H and O–H groups in total. The molecular formula is C32H24Cl2Cu2N6O6S2. The summed E-state index contributed by atoms with van der Waals surface area (Å²) in [5.74, 6) is -1.18. The molecule has 0 aliphatic rings. The van der Waals surface area contributed by atoms with Gasteiger partial charge < -0.3 is 51.4 Å². The van der Waals surface area contributed by atoms with Crippen molar-refractivity contribution in [2.75, 3.05) is 13.2 Å². The first kappa shape index (κ1) is 43.8. The molecule has 0 aliphatic carbocycles. The van der Waals surface area contributed by atoms with E-state index in [1.807, 2.05) is 0 Å². The molecule has 4 aromatic carbocycles. The Bertz CT molecular complexity index is 1590. The number of amides is 4. The number of carbonyl (C=O) groups excluding carboxylic acids is 4. The maximum absolute atomic E-state index is 11.8. The second kappa shape index (κ2) is 24.0. The van der Waals surface area contributed by atoms with Crippen LogP contribution in [0.1, 0.15) is 20.7 Å². The molecule has 266 valence electrons. The van der Waals surface area contributed by atoms with Gasteiger partial charge in [0.05, 0.1) is 11.8 Å². The number of carbonyl (C=O) groups is 4. The summed E-state index contributed by atoms with van der Waals surface area (Å²) in [6, 6.07) is 30.0. The average molecular weight is 851 g/mol. The van der Waals surface area contributed by atoms with E-state index < -0.39 is 23.6 Å². The third-order valence-electron chi connectivity index (χ3n) is 5.37. The number of ether oxygens (including phenoxy) is 2. The van der Waals surface area contributed by atoms with Crippen LogP contribution in [-0.2, 0) is 43.7 Å². The number of hydrogen-bond acceptors (Lipinski definition) is 8. The van der Waals surface area contributed by atoms with Crippen LogP contribution in [0, 0.1) is 0 Å². The molecule has 4 amide bonds. The Hall–Kier alpha value is -4.24. The quantitative estimate of drug-likeness (QED) is 0.106. The SMILES string of the molecule is O=C(COc1ccc(Cl)cc1)[N-][N-]C(=S)NC(=O)c1ccccc1.O=C(COc1ccc(Cl)cc1)[N-][N-]C(=S)NC(=O)c1ccccc1.[Cu+2].[Cu+2]. The van der Waals surface area contributed by atoms with Crippen LogP contribution in [0.4, 0.5) is 0 Å². The van der Waals surface area contributed by atoms with Gasteiger partial charge in [-0.05, 0) is 58.8 Å². The van der Waals surface area contributed by atoms with E-state index in [0.29, 0.717) is 32.7 Å². The predicted octanol–water partition coefficient (Wildman–Crippen LogP) is 7.24. The van der Waals surface area contributed by atoms with Gasteiger partial charge in [-0.1, -0.05) is 108 Å². The predicted molar refractivity (Wildman–Crippen MR) is 190 cm³/mol. The number of halogens is 2. The molecule has 0 fully saturated rings. The molecular weight excluding hydrogens is 827 g/mol. The van der Waals surface area contributed by atoms with Crippen molar-refractivity contribution in [1.82, 2.24) is 10.6 Å². The van der Waals surface area contributed by atoms with Crippen molar-refractivity contribution in [3.63, 3.8) is 0 Å². The first-order chi connectivity index (χ1) is 23.1. The van der Waals surface area contributed by atoms with Crippen LogP contribution in [-0.4, -0.2) is 47.1 Å². The Morgan fingerprint density at radius 3 is 1.16 bits per heavy atom. The van der Waals surface area contributed by atoms with Crippen molar-refractivity contribution in [2.24, 2.45) is 0 Å². The van der Waals surface area contributed by atoms with Crippen LogP contribution < -0.4 is 20.1 Å². The first-order valence-electron chi connectivity index (χ1n) is 13.6. The van der Waals surface area contributed by atoms with Crippen molar-refractivity contribution in [2.45, 2.75) is 0 Å². The van der Waals surface area contributed by atoms with Gasteiger partial charge in [0.1, 0.15) is 24.7 Å². The van der Waals surface area contributed by atoms with Gasteiger partial charge in [-0.2, -0.15) is 0 Å². The summed E-state index contributed by atoms with van der Waals surface area (Å²) in [5.41, 5.74) is 14.6. The molecule has 0 atom stereocenters. The molecule has 0 heterocycles. The summed E-state index contributed by atoms with van der Waals surface area (Å²) in [7, 11) is 0. The topological polar surface area (TPSA) is 167 Å². The smallest absolute Gasteiger partial charge is 0.656 e. The molecule has 18 heteroatoms. The van der Waals surface area contributed by atoms with E-state index in [9.17, 15) is 19.2 Å². The average Bonchev–Trinajstić information content (AvgIpc) is 3.10. The largest absolute Gasteiger partial charge is 2.00 e. The fourth-order valence-electron chi connectivity index (χ4n) is 3.18. The van der Waals surface area contributed by atoms with Crippen LogP contribution >= 0.6 is 47.6 Å². The minimum absolute atomic E-state index is 0. The van der Waals surface area contributed by atoms with Crippen molar-refractivity contribution in [1.29, 1.82) is 0 Å². The second-order valence-electron chi connectivity index (χ2n) is 8.92. The standard InChI is InChI=1S/2C16H12ClN3O3S.2Cu/c2*17-12-6-8-13(9-7-12)23-10-14(21)19-20-16(24)18-15(22)11-4-2-1-3-5-11;;/h2*1-9H,10H2,(H-2,18,19,20,21,22,24);;/q2*-2;2*+2. The van der Waals surface area contributed by atoms with Gasteiger partial charge in [0, 0.05) is 21.2 Å². The molecule has 12 nitrogen and oxygen atoms in total. The van der Waals surface area contributed by atoms with E-state index in [0.717, 1.165) is 0 Å². The van der Waals surface area contributed by atoms with Gasteiger partial charge in [0.15, 0.2) is 11.8 Å². The second-order valence-corrected chi connectivity index (χ2v) is 10.6. The van der Waals surface area contributed by atoms with Crippen molar-refractivity contribution >= 4 is 81.5 Å². The zero-order chi connectivity index (χ0) is 34.7. The van der Waals surface area contributed by atoms with E-state index >= 15 is 0 Å². The van der Waals surface area contributed by atoms with Gasteiger partial charge in [0.25, 0.3) is 0 Å². The molecule has 0 bridgehead atoms. The number of nitrogens with zero attached hydrogens (tertiary/aromatic N) is 4. The number of nitrogens with one attached hydrogen (secondary N) is 2. The molecule has 0 unspecified atom stereocenters. The summed E-state index contributed by atoms with van der Waals surface area (Å²) in [6.07, 6.45) is 0. The molecule has 4 aromatic rings. The van der Waals surface area contributed by atoms with Crippen LogP contribution in [0.15, 0.2) is 109 Å². The summed E-state index contributed by atoms with van der Waals surface area (Å²) in [5, 5.41) is 5.43. The van der Waals surface area contributed by atoms with Gasteiger partial charge in [0.2, 0.25) is 0 Å². The van der Waals surface area contributed by atoms with Gasteiger partial charge >= 0.3 is 34.1 Å².